The first-order valence-electron chi connectivity index (χ1n) is 7.63. The van der Waals surface area contributed by atoms with Gasteiger partial charge >= 0.3 is 0 Å². The van der Waals surface area contributed by atoms with Crippen LogP contribution in [0.15, 0.2) is 30.5 Å². The minimum atomic E-state index is 0.0793. The number of fused-ring (bicyclic) bond motifs is 1. The molecule has 0 saturated heterocycles. The van der Waals surface area contributed by atoms with Crippen molar-refractivity contribution in [1.82, 2.24) is 9.88 Å². The predicted octanol–water partition coefficient (Wildman–Crippen LogP) is 3.75. The highest BCUT2D eigenvalue weighted by molar-refractivity contribution is 5.94. The van der Waals surface area contributed by atoms with Crippen LogP contribution in [0.5, 0.6) is 0 Å². The third-order valence-electron chi connectivity index (χ3n) is 4.28. The SMILES string of the molecule is Cc1cccc2c(C3=CCN(C(=O)C(C)C)CC3)c[nH]c12. The minimum absolute atomic E-state index is 0.0793. The number of nitrogens with zero attached hydrogens (tertiary/aromatic N) is 1. The van der Waals surface area contributed by atoms with Gasteiger partial charge in [0.25, 0.3) is 0 Å². The Morgan fingerprint density at radius 1 is 1.33 bits per heavy atom. The molecule has 0 aliphatic carbocycles. The summed E-state index contributed by atoms with van der Waals surface area (Å²) in [5.74, 6) is 0.329. The second kappa shape index (κ2) is 5.40. The van der Waals surface area contributed by atoms with E-state index in [0.29, 0.717) is 0 Å². The second-order valence-electron chi connectivity index (χ2n) is 6.12. The molecule has 3 nitrogen and oxygen atoms in total. The van der Waals surface area contributed by atoms with E-state index in [1.165, 1.54) is 27.6 Å². The molecule has 3 rings (SSSR count). The molecule has 2 heterocycles. The van der Waals surface area contributed by atoms with Gasteiger partial charge in [0.2, 0.25) is 5.91 Å². The van der Waals surface area contributed by atoms with Crippen molar-refractivity contribution < 1.29 is 4.79 Å². The predicted molar refractivity (Wildman–Crippen MR) is 87.0 cm³/mol. The van der Waals surface area contributed by atoms with Crippen LogP contribution in [-0.2, 0) is 4.79 Å². The molecular formula is C18H22N2O. The highest BCUT2D eigenvalue weighted by atomic mass is 16.2. The van der Waals surface area contributed by atoms with Gasteiger partial charge in [-0.15, -0.1) is 0 Å². The van der Waals surface area contributed by atoms with Crippen LogP contribution in [0, 0.1) is 12.8 Å². The van der Waals surface area contributed by atoms with Crippen LogP contribution in [0.1, 0.15) is 31.4 Å². The number of carbonyl (C=O) groups excluding carboxylic acids is 1. The first-order valence-corrected chi connectivity index (χ1v) is 7.63. The third-order valence-corrected chi connectivity index (χ3v) is 4.28. The smallest absolute Gasteiger partial charge is 0.225 e. The number of nitrogens with one attached hydrogen (secondary N) is 1. The maximum Gasteiger partial charge on any atom is 0.225 e. The lowest BCUT2D eigenvalue weighted by molar-refractivity contribution is -0.134. The molecule has 21 heavy (non-hydrogen) atoms. The van der Waals surface area contributed by atoms with E-state index in [1.807, 2.05) is 18.7 Å². The zero-order valence-electron chi connectivity index (χ0n) is 12.9. The van der Waals surface area contributed by atoms with E-state index in [0.717, 1.165) is 19.5 Å². The number of benzene rings is 1. The molecule has 1 aromatic carbocycles. The topological polar surface area (TPSA) is 36.1 Å². The van der Waals surface area contributed by atoms with E-state index < -0.39 is 0 Å². The zero-order valence-corrected chi connectivity index (χ0v) is 12.9. The van der Waals surface area contributed by atoms with E-state index in [9.17, 15) is 4.79 Å². The number of hydrogen-bond donors (Lipinski definition) is 1. The van der Waals surface area contributed by atoms with Gasteiger partial charge in [-0.2, -0.15) is 0 Å². The molecule has 0 radical (unpaired) electrons. The van der Waals surface area contributed by atoms with Gasteiger partial charge < -0.3 is 9.88 Å². The Kier molecular flexibility index (Phi) is 3.58. The van der Waals surface area contributed by atoms with Crippen LogP contribution in [0.2, 0.25) is 0 Å². The summed E-state index contributed by atoms with van der Waals surface area (Å²) in [6.07, 6.45) is 5.23. The lowest BCUT2D eigenvalue weighted by Crippen LogP contribution is -2.37. The van der Waals surface area contributed by atoms with Crippen molar-refractivity contribution in [2.45, 2.75) is 27.2 Å². The van der Waals surface area contributed by atoms with Gasteiger partial charge in [0.15, 0.2) is 0 Å². The van der Waals surface area contributed by atoms with Crippen molar-refractivity contribution in [3.8, 4) is 0 Å². The lowest BCUT2D eigenvalue weighted by atomic mass is 9.97. The summed E-state index contributed by atoms with van der Waals surface area (Å²) in [4.78, 5) is 17.4. The Morgan fingerprint density at radius 3 is 2.81 bits per heavy atom. The lowest BCUT2D eigenvalue weighted by Gasteiger charge is -2.28. The average molecular weight is 282 g/mol. The number of hydrogen-bond acceptors (Lipinski definition) is 1. The fourth-order valence-electron chi connectivity index (χ4n) is 3.05. The molecule has 0 saturated carbocycles. The molecule has 0 unspecified atom stereocenters. The van der Waals surface area contributed by atoms with Crippen molar-refractivity contribution in [2.24, 2.45) is 5.92 Å². The van der Waals surface area contributed by atoms with Crippen molar-refractivity contribution in [3.05, 3.63) is 41.6 Å². The molecule has 1 aliphatic rings. The maximum absolute atomic E-state index is 12.0. The largest absolute Gasteiger partial charge is 0.360 e. The van der Waals surface area contributed by atoms with Crippen LogP contribution < -0.4 is 0 Å². The van der Waals surface area contributed by atoms with Gasteiger partial charge in [-0.1, -0.05) is 38.1 Å². The van der Waals surface area contributed by atoms with E-state index in [-0.39, 0.29) is 11.8 Å². The summed E-state index contributed by atoms with van der Waals surface area (Å²) in [7, 11) is 0. The van der Waals surface area contributed by atoms with Crippen LogP contribution in [-0.4, -0.2) is 28.9 Å². The van der Waals surface area contributed by atoms with Crippen molar-refractivity contribution in [3.63, 3.8) is 0 Å². The number of para-hydroxylation sites is 1. The second-order valence-corrected chi connectivity index (χ2v) is 6.12. The molecule has 2 aromatic rings. The third kappa shape index (κ3) is 2.48. The summed E-state index contributed by atoms with van der Waals surface area (Å²) in [6.45, 7) is 7.60. The quantitative estimate of drug-likeness (QED) is 0.894. The highest BCUT2D eigenvalue weighted by Crippen LogP contribution is 2.30. The molecular weight excluding hydrogens is 260 g/mol. The summed E-state index contributed by atoms with van der Waals surface area (Å²) in [6, 6.07) is 6.40. The maximum atomic E-state index is 12.0. The number of aromatic amines is 1. The van der Waals surface area contributed by atoms with Crippen LogP contribution in [0.25, 0.3) is 16.5 Å². The first kappa shape index (κ1) is 13.9. The van der Waals surface area contributed by atoms with Gasteiger partial charge in [0, 0.05) is 41.7 Å². The Hall–Kier alpha value is -2.03. The van der Waals surface area contributed by atoms with Crippen LogP contribution >= 0.6 is 0 Å². The summed E-state index contributed by atoms with van der Waals surface area (Å²) < 4.78 is 0. The Labute approximate surface area is 125 Å². The van der Waals surface area contributed by atoms with E-state index in [2.05, 4.69) is 42.4 Å². The fraction of sp³-hybridized carbons (Fsp3) is 0.389. The number of rotatable bonds is 2. The first-order chi connectivity index (χ1) is 10.1. The van der Waals surface area contributed by atoms with E-state index in [1.54, 1.807) is 0 Å². The molecule has 1 aromatic heterocycles. The number of H-pyrrole nitrogens is 1. The summed E-state index contributed by atoms with van der Waals surface area (Å²) in [5.41, 5.74) is 5.12. The molecule has 1 N–H and O–H groups in total. The number of aromatic nitrogens is 1. The number of aryl methyl sites for hydroxylation is 1. The molecule has 0 spiro atoms. The standard InChI is InChI=1S/C18H22N2O/c1-12(2)18(21)20-9-7-14(8-10-20)16-11-19-17-13(3)5-4-6-15(16)17/h4-7,11-12,19H,8-10H2,1-3H3. The van der Waals surface area contributed by atoms with Crippen LogP contribution in [0.4, 0.5) is 0 Å². The van der Waals surface area contributed by atoms with Gasteiger partial charge in [-0.05, 0) is 24.5 Å². The van der Waals surface area contributed by atoms with Crippen molar-refractivity contribution in [1.29, 1.82) is 0 Å². The Bertz CT molecular complexity index is 709. The zero-order chi connectivity index (χ0) is 15.0. The normalized spacial score (nSPS) is 15.6. The Balaban J connectivity index is 1.88. The number of carbonyl (C=O) groups is 1. The number of amides is 1. The highest BCUT2D eigenvalue weighted by Gasteiger charge is 2.21. The Morgan fingerprint density at radius 2 is 2.14 bits per heavy atom. The summed E-state index contributed by atoms with van der Waals surface area (Å²) >= 11 is 0. The van der Waals surface area contributed by atoms with Gasteiger partial charge in [0.1, 0.15) is 0 Å². The van der Waals surface area contributed by atoms with E-state index >= 15 is 0 Å². The molecule has 1 aliphatic heterocycles. The fourth-order valence-corrected chi connectivity index (χ4v) is 3.05. The van der Waals surface area contributed by atoms with Gasteiger partial charge in [-0.3, -0.25) is 4.79 Å². The summed E-state index contributed by atoms with van der Waals surface area (Å²) in [5, 5.41) is 1.28. The molecule has 3 heteroatoms. The molecule has 0 fully saturated rings. The molecule has 0 bridgehead atoms. The minimum Gasteiger partial charge on any atom is -0.360 e. The van der Waals surface area contributed by atoms with Crippen LogP contribution in [0.3, 0.4) is 0 Å². The molecule has 110 valence electrons. The van der Waals surface area contributed by atoms with Crippen molar-refractivity contribution >= 4 is 22.4 Å². The van der Waals surface area contributed by atoms with Gasteiger partial charge in [-0.25, -0.2) is 0 Å². The average Bonchev–Trinajstić information content (AvgIpc) is 2.92. The molecule has 1 amide bonds. The van der Waals surface area contributed by atoms with E-state index in [4.69, 9.17) is 0 Å². The molecule has 0 atom stereocenters. The van der Waals surface area contributed by atoms with Crippen molar-refractivity contribution in [2.75, 3.05) is 13.1 Å². The monoisotopic (exact) mass is 282 g/mol. The van der Waals surface area contributed by atoms with Gasteiger partial charge in [0.05, 0.1) is 0 Å².